The van der Waals surface area contributed by atoms with E-state index in [9.17, 15) is 4.79 Å². The minimum absolute atomic E-state index is 0.217. The van der Waals surface area contributed by atoms with Gasteiger partial charge in [0.25, 0.3) is 5.91 Å². The summed E-state index contributed by atoms with van der Waals surface area (Å²) in [6.07, 6.45) is 8.61. The van der Waals surface area contributed by atoms with Crippen LogP contribution in [0.25, 0.3) is 16.5 Å². The third-order valence-corrected chi connectivity index (χ3v) is 4.18. The van der Waals surface area contributed by atoms with Gasteiger partial charge in [-0.3, -0.25) is 4.79 Å². The van der Waals surface area contributed by atoms with Crippen molar-refractivity contribution >= 4 is 34.3 Å². The van der Waals surface area contributed by atoms with Gasteiger partial charge in [0.05, 0.1) is 17.5 Å². The van der Waals surface area contributed by atoms with Gasteiger partial charge in [0, 0.05) is 22.2 Å². The smallest absolute Gasteiger partial charge is 0.272 e. The molecule has 0 saturated heterocycles. The number of aromatic amines is 1. The highest BCUT2D eigenvalue weighted by Crippen LogP contribution is 2.35. The fourth-order valence-electron chi connectivity index (χ4n) is 3.22. The highest BCUT2D eigenvalue weighted by atomic mass is 16.2. The second kappa shape index (κ2) is 4.48. The van der Waals surface area contributed by atoms with Crippen molar-refractivity contribution in [2.45, 2.75) is 25.7 Å². The zero-order valence-corrected chi connectivity index (χ0v) is 11.6. The van der Waals surface area contributed by atoms with Crippen LogP contribution in [0, 0.1) is 0 Å². The van der Waals surface area contributed by atoms with E-state index >= 15 is 0 Å². The van der Waals surface area contributed by atoms with Gasteiger partial charge in [0.2, 0.25) is 0 Å². The van der Waals surface area contributed by atoms with Crippen molar-refractivity contribution in [3.8, 4) is 0 Å². The standard InChI is InChI=1S/C16H16N4O/c17-10-6-11-14-12(8-18-20-16(11)21)15(19-13(14)7-10)9-4-2-1-3-5-9/h4,6-8,19H,1-3,5,17H2,(H,20,21). The van der Waals surface area contributed by atoms with Gasteiger partial charge in [0.15, 0.2) is 0 Å². The summed E-state index contributed by atoms with van der Waals surface area (Å²) in [6.45, 7) is 0. The lowest BCUT2D eigenvalue weighted by Crippen LogP contribution is -2.16. The van der Waals surface area contributed by atoms with E-state index in [1.807, 2.05) is 6.07 Å². The van der Waals surface area contributed by atoms with Crippen LogP contribution in [-0.4, -0.2) is 17.1 Å². The van der Waals surface area contributed by atoms with E-state index in [0.717, 1.165) is 35.0 Å². The van der Waals surface area contributed by atoms with Gasteiger partial charge < -0.3 is 10.7 Å². The summed E-state index contributed by atoms with van der Waals surface area (Å²) in [4.78, 5) is 15.6. The molecule has 2 aliphatic rings. The fraction of sp³-hybridized carbons (Fsp3) is 0.250. The van der Waals surface area contributed by atoms with Crippen molar-refractivity contribution in [3.63, 3.8) is 0 Å². The first-order valence-corrected chi connectivity index (χ1v) is 7.22. The van der Waals surface area contributed by atoms with Crippen LogP contribution in [0.4, 0.5) is 5.69 Å². The Morgan fingerprint density at radius 2 is 2.14 bits per heavy atom. The van der Waals surface area contributed by atoms with E-state index < -0.39 is 0 Å². The minimum atomic E-state index is -0.217. The number of rotatable bonds is 1. The maximum absolute atomic E-state index is 12.1. The Morgan fingerprint density at radius 1 is 1.24 bits per heavy atom. The van der Waals surface area contributed by atoms with Gasteiger partial charge in [-0.2, -0.15) is 5.10 Å². The molecule has 1 aliphatic carbocycles. The Labute approximate surface area is 121 Å². The summed E-state index contributed by atoms with van der Waals surface area (Å²) in [5.41, 5.74) is 13.9. The normalized spacial score (nSPS) is 17.5. The summed E-state index contributed by atoms with van der Waals surface area (Å²) >= 11 is 0. The number of nitrogens with one attached hydrogen (secondary N) is 2. The predicted molar refractivity (Wildman–Crippen MR) is 84.2 cm³/mol. The zero-order valence-electron chi connectivity index (χ0n) is 11.6. The van der Waals surface area contributed by atoms with Crippen molar-refractivity contribution in [2.75, 3.05) is 5.73 Å². The first kappa shape index (κ1) is 12.2. The second-order valence-corrected chi connectivity index (χ2v) is 5.58. The first-order chi connectivity index (χ1) is 10.2. The average molecular weight is 280 g/mol. The summed E-state index contributed by atoms with van der Waals surface area (Å²) in [5, 5.41) is 4.94. The minimum Gasteiger partial charge on any atom is -0.399 e. The molecule has 1 aliphatic heterocycles. The van der Waals surface area contributed by atoms with Gasteiger partial charge in [-0.1, -0.05) is 6.08 Å². The molecule has 1 amide bonds. The molecule has 2 aromatic rings. The number of hydrazone groups is 1. The van der Waals surface area contributed by atoms with E-state index in [-0.39, 0.29) is 5.91 Å². The molecule has 1 aromatic heterocycles. The molecule has 0 bridgehead atoms. The number of nitrogen functional groups attached to an aromatic ring is 1. The number of anilines is 1. The lowest BCUT2D eigenvalue weighted by atomic mass is 9.94. The number of carbonyl (C=O) groups excluding carboxylic acids is 1. The molecule has 0 fully saturated rings. The molecule has 5 heteroatoms. The lowest BCUT2D eigenvalue weighted by molar-refractivity contribution is 0.0957. The number of hydrogen-bond donors (Lipinski definition) is 3. The van der Waals surface area contributed by atoms with Crippen LogP contribution in [0.1, 0.15) is 47.3 Å². The van der Waals surface area contributed by atoms with Gasteiger partial charge in [-0.25, -0.2) is 5.43 Å². The van der Waals surface area contributed by atoms with Crippen molar-refractivity contribution in [2.24, 2.45) is 5.10 Å². The number of benzene rings is 1. The predicted octanol–water partition coefficient (Wildman–Crippen LogP) is 2.78. The molecule has 0 unspecified atom stereocenters. The third kappa shape index (κ3) is 1.85. The third-order valence-electron chi connectivity index (χ3n) is 4.18. The van der Waals surface area contributed by atoms with E-state index in [1.54, 1.807) is 12.3 Å². The quantitative estimate of drug-likeness (QED) is 0.702. The summed E-state index contributed by atoms with van der Waals surface area (Å²) < 4.78 is 0. The molecule has 5 nitrogen and oxygen atoms in total. The number of nitrogens with two attached hydrogens (primary N) is 1. The summed E-state index contributed by atoms with van der Waals surface area (Å²) in [6, 6.07) is 3.59. The van der Waals surface area contributed by atoms with Crippen molar-refractivity contribution in [1.29, 1.82) is 0 Å². The lowest BCUT2D eigenvalue weighted by Gasteiger charge is -2.12. The molecule has 0 radical (unpaired) electrons. The molecule has 1 aromatic carbocycles. The second-order valence-electron chi connectivity index (χ2n) is 5.58. The van der Waals surface area contributed by atoms with E-state index in [1.165, 1.54) is 18.4 Å². The number of aromatic nitrogens is 1. The van der Waals surface area contributed by atoms with Crippen LogP contribution in [0.3, 0.4) is 0 Å². The molecular weight excluding hydrogens is 264 g/mol. The van der Waals surface area contributed by atoms with Gasteiger partial charge in [-0.15, -0.1) is 0 Å². The molecular formula is C16H16N4O. The summed E-state index contributed by atoms with van der Waals surface area (Å²) in [7, 11) is 0. The van der Waals surface area contributed by atoms with E-state index in [2.05, 4.69) is 21.6 Å². The largest absolute Gasteiger partial charge is 0.399 e. The molecule has 0 atom stereocenters. The number of H-pyrrole nitrogens is 1. The monoisotopic (exact) mass is 280 g/mol. The molecule has 4 N–H and O–H groups in total. The molecule has 0 spiro atoms. The van der Waals surface area contributed by atoms with Crippen molar-refractivity contribution in [1.82, 2.24) is 10.4 Å². The van der Waals surface area contributed by atoms with Crippen LogP contribution in [-0.2, 0) is 0 Å². The van der Waals surface area contributed by atoms with Gasteiger partial charge in [0.1, 0.15) is 0 Å². The Kier molecular flexibility index (Phi) is 2.60. The van der Waals surface area contributed by atoms with Gasteiger partial charge >= 0.3 is 0 Å². The highest BCUT2D eigenvalue weighted by Gasteiger charge is 2.22. The van der Waals surface area contributed by atoms with Crippen LogP contribution in [0.15, 0.2) is 23.3 Å². The van der Waals surface area contributed by atoms with E-state index in [4.69, 9.17) is 5.73 Å². The topological polar surface area (TPSA) is 83.3 Å². The first-order valence-electron chi connectivity index (χ1n) is 7.22. The molecule has 0 saturated carbocycles. The SMILES string of the molecule is Nc1cc2c3c(c(C4=CCCCC4)[nH]c3c1)C=NNC2=O. The molecule has 21 heavy (non-hydrogen) atoms. The van der Waals surface area contributed by atoms with Gasteiger partial charge in [-0.05, 0) is 43.4 Å². The molecule has 106 valence electrons. The maximum atomic E-state index is 12.1. The number of amides is 1. The Balaban J connectivity index is 2.05. The molecule has 2 heterocycles. The summed E-state index contributed by atoms with van der Waals surface area (Å²) in [5.74, 6) is -0.217. The van der Waals surface area contributed by atoms with Crippen LogP contribution in [0.2, 0.25) is 0 Å². The number of hydrogen-bond acceptors (Lipinski definition) is 3. The average Bonchev–Trinajstić information content (AvgIpc) is 2.76. The van der Waals surface area contributed by atoms with Crippen molar-refractivity contribution < 1.29 is 4.79 Å². The maximum Gasteiger partial charge on any atom is 0.272 e. The van der Waals surface area contributed by atoms with Crippen LogP contribution >= 0.6 is 0 Å². The Morgan fingerprint density at radius 3 is 2.95 bits per heavy atom. The fourth-order valence-corrected chi connectivity index (χ4v) is 3.22. The Bertz CT molecular complexity index is 813. The zero-order chi connectivity index (χ0) is 14.4. The number of allylic oxidation sites excluding steroid dienone is 2. The highest BCUT2D eigenvalue weighted by molar-refractivity contribution is 6.16. The van der Waals surface area contributed by atoms with Crippen LogP contribution in [0.5, 0.6) is 0 Å². The Hall–Kier alpha value is -2.56. The van der Waals surface area contributed by atoms with Crippen molar-refractivity contribution in [3.05, 3.63) is 35.0 Å². The number of carbonyl (C=O) groups is 1. The van der Waals surface area contributed by atoms with Crippen LogP contribution < -0.4 is 11.2 Å². The number of nitrogens with zero attached hydrogens (tertiary/aromatic N) is 1. The molecule has 4 rings (SSSR count). The van der Waals surface area contributed by atoms with E-state index in [0.29, 0.717) is 11.3 Å².